The van der Waals surface area contributed by atoms with Crippen molar-refractivity contribution in [2.45, 2.75) is 5.03 Å². The lowest BCUT2D eigenvalue weighted by molar-refractivity contribution is 0.594. The van der Waals surface area contributed by atoms with Crippen LogP contribution in [0.2, 0.25) is 0 Å². The van der Waals surface area contributed by atoms with Gasteiger partial charge in [0.15, 0.2) is 5.03 Å². The van der Waals surface area contributed by atoms with E-state index in [1.807, 2.05) is 0 Å². The summed E-state index contributed by atoms with van der Waals surface area (Å²) in [7, 11) is -3.90. The molecule has 1 heterocycles. The molecule has 0 aromatic carbocycles. The predicted molar refractivity (Wildman–Crippen MR) is 51.6 cm³/mol. The highest BCUT2D eigenvalue weighted by Gasteiger charge is 2.13. The topological polar surface area (TPSA) is 137 Å². The lowest BCUT2D eigenvalue weighted by atomic mass is 10.4. The zero-order valence-electron chi connectivity index (χ0n) is 7.08. The van der Waals surface area contributed by atoms with Crippen LogP contribution < -0.4 is 17.2 Å². The Hall–Kier alpha value is -1.83. The van der Waals surface area contributed by atoms with E-state index in [2.05, 4.69) is 9.38 Å². The molecular weight excluding hydrogens is 206 g/mol. The van der Waals surface area contributed by atoms with Crippen LogP contribution in [0.25, 0.3) is 0 Å². The largest absolute Gasteiger partial charge is 0.397 e. The van der Waals surface area contributed by atoms with Gasteiger partial charge in [-0.2, -0.15) is 8.42 Å². The summed E-state index contributed by atoms with van der Waals surface area (Å²) in [6.07, 6.45) is 1.20. The van der Waals surface area contributed by atoms with E-state index in [0.29, 0.717) is 5.69 Å². The number of rotatable bonds is 2. The van der Waals surface area contributed by atoms with E-state index in [1.54, 1.807) is 0 Å². The molecule has 0 bridgehead atoms. The monoisotopic (exact) mass is 215 g/mol. The van der Waals surface area contributed by atoms with Gasteiger partial charge in [0.1, 0.15) is 0 Å². The summed E-state index contributed by atoms with van der Waals surface area (Å²) < 4.78 is 25.7. The highest BCUT2D eigenvalue weighted by atomic mass is 32.2. The van der Waals surface area contributed by atoms with Crippen LogP contribution in [0.1, 0.15) is 0 Å². The maximum Gasteiger partial charge on any atom is 0.302 e. The van der Waals surface area contributed by atoms with Crippen molar-refractivity contribution in [3.63, 3.8) is 0 Å². The average Bonchev–Trinajstić information content (AvgIpc) is 2.02. The minimum atomic E-state index is -3.90. The van der Waals surface area contributed by atoms with Crippen molar-refractivity contribution >= 4 is 21.7 Å². The van der Waals surface area contributed by atoms with Crippen LogP contribution in [0.4, 0.5) is 5.69 Å². The van der Waals surface area contributed by atoms with E-state index in [-0.39, 0.29) is 5.03 Å². The Morgan fingerprint density at radius 3 is 2.43 bits per heavy atom. The summed E-state index contributed by atoms with van der Waals surface area (Å²) in [5.74, 6) is -0.538. The minimum absolute atomic E-state index is 0.250. The van der Waals surface area contributed by atoms with Crippen LogP contribution in [-0.2, 0) is 10.0 Å². The van der Waals surface area contributed by atoms with Crippen molar-refractivity contribution in [1.29, 1.82) is 0 Å². The number of nitrogens with two attached hydrogens (primary N) is 3. The van der Waals surface area contributed by atoms with Crippen LogP contribution in [0.5, 0.6) is 0 Å². The second-order valence-electron chi connectivity index (χ2n) is 2.42. The Balaban J connectivity index is 3.18. The molecule has 0 aliphatic rings. The molecular formula is C6H9N5O2S. The fourth-order valence-electron chi connectivity index (χ4n) is 0.730. The number of nitrogens with zero attached hydrogens (tertiary/aromatic N) is 2. The standard InChI is InChI=1S/C6H9N5O2S/c7-4-1-2-5(10-3-4)14(12,13)11-6(8)9/h1-3H,7H2,(H4,8,9,11). The number of nitrogen functional groups attached to an aromatic ring is 1. The quantitative estimate of drug-likeness (QED) is 0.411. The van der Waals surface area contributed by atoms with Gasteiger partial charge in [-0.05, 0) is 12.1 Å². The molecule has 0 saturated heterocycles. The SMILES string of the molecule is NC(N)=NS(=O)(=O)c1ccc(N)cn1. The van der Waals surface area contributed by atoms with Gasteiger partial charge in [-0.25, -0.2) is 4.98 Å². The van der Waals surface area contributed by atoms with Gasteiger partial charge in [-0.1, -0.05) is 0 Å². The number of sulfonamides is 1. The molecule has 0 amide bonds. The molecule has 0 atom stereocenters. The molecule has 0 saturated carbocycles. The Bertz CT molecular complexity index is 446. The summed E-state index contributed by atoms with van der Waals surface area (Å²) >= 11 is 0. The van der Waals surface area contributed by atoms with Crippen LogP contribution in [0.3, 0.4) is 0 Å². The van der Waals surface area contributed by atoms with Gasteiger partial charge >= 0.3 is 10.0 Å². The maximum atomic E-state index is 11.3. The molecule has 7 nitrogen and oxygen atoms in total. The first-order valence-corrected chi connectivity index (χ1v) is 4.93. The van der Waals surface area contributed by atoms with Crippen LogP contribution in [0.15, 0.2) is 27.8 Å². The number of hydrogen-bond donors (Lipinski definition) is 3. The van der Waals surface area contributed by atoms with Gasteiger partial charge in [-0.15, -0.1) is 4.40 Å². The zero-order chi connectivity index (χ0) is 10.8. The molecule has 76 valence electrons. The summed E-state index contributed by atoms with van der Waals surface area (Å²) in [6, 6.07) is 2.61. The van der Waals surface area contributed by atoms with E-state index in [9.17, 15) is 8.42 Å². The van der Waals surface area contributed by atoms with Crippen LogP contribution in [0, 0.1) is 0 Å². The second-order valence-corrected chi connectivity index (χ2v) is 3.97. The number of hydrogen-bond acceptors (Lipinski definition) is 4. The Morgan fingerprint density at radius 1 is 1.36 bits per heavy atom. The first-order valence-electron chi connectivity index (χ1n) is 3.49. The third kappa shape index (κ3) is 2.33. The fourth-order valence-corrected chi connectivity index (χ4v) is 1.53. The van der Waals surface area contributed by atoms with Crippen molar-refractivity contribution in [1.82, 2.24) is 4.98 Å². The Morgan fingerprint density at radius 2 is 2.00 bits per heavy atom. The highest BCUT2D eigenvalue weighted by Crippen LogP contribution is 2.09. The van der Waals surface area contributed by atoms with Gasteiger partial charge in [0.25, 0.3) is 0 Å². The smallest absolute Gasteiger partial charge is 0.302 e. The van der Waals surface area contributed by atoms with E-state index in [0.717, 1.165) is 0 Å². The molecule has 0 fully saturated rings. The first-order chi connectivity index (χ1) is 6.42. The van der Waals surface area contributed by atoms with E-state index < -0.39 is 16.0 Å². The van der Waals surface area contributed by atoms with Crippen molar-refractivity contribution in [2.24, 2.45) is 15.9 Å². The molecule has 0 unspecified atom stereocenters. The molecule has 14 heavy (non-hydrogen) atoms. The fraction of sp³-hybridized carbons (Fsp3) is 0. The molecule has 0 aliphatic heterocycles. The predicted octanol–water partition coefficient (Wildman–Crippen LogP) is -1.37. The normalized spacial score (nSPS) is 10.9. The van der Waals surface area contributed by atoms with E-state index in [1.165, 1.54) is 18.3 Å². The Labute approximate surface area is 80.7 Å². The molecule has 0 radical (unpaired) electrons. The van der Waals surface area contributed by atoms with Gasteiger partial charge in [0.05, 0.1) is 11.9 Å². The molecule has 0 aliphatic carbocycles. The summed E-state index contributed by atoms with van der Waals surface area (Å²) in [5.41, 5.74) is 15.6. The van der Waals surface area contributed by atoms with Crippen molar-refractivity contribution in [3.05, 3.63) is 18.3 Å². The molecule has 1 aromatic heterocycles. The number of anilines is 1. The van der Waals surface area contributed by atoms with Crippen molar-refractivity contribution in [2.75, 3.05) is 5.73 Å². The molecule has 0 spiro atoms. The summed E-state index contributed by atoms with van der Waals surface area (Å²) in [6.45, 7) is 0. The van der Waals surface area contributed by atoms with Crippen LogP contribution in [-0.4, -0.2) is 19.4 Å². The average molecular weight is 215 g/mol. The number of pyridine rings is 1. The van der Waals surface area contributed by atoms with Crippen molar-refractivity contribution in [3.8, 4) is 0 Å². The van der Waals surface area contributed by atoms with E-state index in [4.69, 9.17) is 17.2 Å². The van der Waals surface area contributed by atoms with E-state index >= 15 is 0 Å². The van der Waals surface area contributed by atoms with Gasteiger partial charge < -0.3 is 17.2 Å². The summed E-state index contributed by atoms with van der Waals surface area (Å²) in [4.78, 5) is 3.57. The minimum Gasteiger partial charge on any atom is -0.397 e. The lowest BCUT2D eigenvalue weighted by Gasteiger charge is -1.98. The lowest BCUT2D eigenvalue weighted by Crippen LogP contribution is -2.24. The Kier molecular flexibility index (Phi) is 2.56. The second kappa shape index (κ2) is 3.50. The molecule has 1 aromatic rings. The molecule has 8 heteroatoms. The third-order valence-electron chi connectivity index (χ3n) is 1.25. The van der Waals surface area contributed by atoms with Crippen LogP contribution >= 0.6 is 0 Å². The summed E-state index contributed by atoms with van der Waals surface area (Å²) in [5, 5.41) is -0.250. The number of guanidine groups is 1. The molecule has 6 N–H and O–H groups in total. The first kappa shape index (κ1) is 10.3. The zero-order valence-corrected chi connectivity index (χ0v) is 7.90. The maximum absolute atomic E-state index is 11.3. The third-order valence-corrected chi connectivity index (χ3v) is 2.47. The van der Waals surface area contributed by atoms with Gasteiger partial charge in [-0.3, -0.25) is 0 Å². The number of aromatic nitrogens is 1. The van der Waals surface area contributed by atoms with Crippen molar-refractivity contribution < 1.29 is 8.42 Å². The van der Waals surface area contributed by atoms with Gasteiger partial charge in [0.2, 0.25) is 5.96 Å². The highest BCUT2D eigenvalue weighted by molar-refractivity contribution is 7.90. The van der Waals surface area contributed by atoms with Gasteiger partial charge in [0, 0.05) is 0 Å². The molecule has 1 rings (SSSR count).